The summed E-state index contributed by atoms with van der Waals surface area (Å²) in [6.45, 7) is 2.34. The highest BCUT2D eigenvalue weighted by Crippen LogP contribution is 2.17. The zero-order valence-electron chi connectivity index (χ0n) is 11.7. The molecular formula is C16H16ClNO3. The molecule has 0 spiro atoms. The van der Waals surface area contributed by atoms with Crippen LogP contribution in [0.4, 0.5) is 0 Å². The smallest absolute Gasteiger partial charge is 0.335 e. The Kier molecular flexibility index (Phi) is 5.17. The number of rotatable bonds is 6. The standard InChI is InChI=1S/C16H16ClNO3/c1-2-3-14-8-12(16(19)20)9-15(18-14)21-10-11-4-6-13(17)7-5-11/h4-9H,2-3,10H2,1H3,(H,19,20). The molecule has 2 rings (SSSR count). The van der Waals surface area contributed by atoms with Gasteiger partial charge in [0.05, 0.1) is 5.56 Å². The summed E-state index contributed by atoms with van der Waals surface area (Å²) in [6, 6.07) is 10.3. The van der Waals surface area contributed by atoms with Gasteiger partial charge in [0.25, 0.3) is 0 Å². The molecule has 0 atom stereocenters. The van der Waals surface area contributed by atoms with Crippen LogP contribution < -0.4 is 4.74 Å². The number of benzene rings is 1. The highest BCUT2D eigenvalue weighted by atomic mass is 35.5. The summed E-state index contributed by atoms with van der Waals surface area (Å²) < 4.78 is 5.59. The van der Waals surface area contributed by atoms with E-state index in [1.807, 2.05) is 19.1 Å². The van der Waals surface area contributed by atoms with Crippen LogP contribution in [-0.2, 0) is 13.0 Å². The molecule has 0 fully saturated rings. The number of hydrogen-bond acceptors (Lipinski definition) is 3. The fourth-order valence-corrected chi connectivity index (χ4v) is 2.01. The Morgan fingerprint density at radius 3 is 2.62 bits per heavy atom. The lowest BCUT2D eigenvalue weighted by Gasteiger charge is -2.08. The van der Waals surface area contributed by atoms with Crippen LogP contribution in [0.2, 0.25) is 5.02 Å². The van der Waals surface area contributed by atoms with Crippen molar-refractivity contribution < 1.29 is 14.6 Å². The number of nitrogens with zero attached hydrogens (tertiary/aromatic N) is 1. The molecule has 0 aliphatic carbocycles. The van der Waals surface area contributed by atoms with Crippen molar-refractivity contribution in [3.63, 3.8) is 0 Å². The molecule has 0 amide bonds. The molecule has 110 valence electrons. The molecule has 5 heteroatoms. The number of aromatic nitrogens is 1. The molecule has 4 nitrogen and oxygen atoms in total. The Bertz CT molecular complexity index is 626. The molecule has 1 N–H and O–H groups in total. The summed E-state index contributed by atoms with van der Waals surface area (Å²) in [5, 5.41) is 9.78. The number of aryl methyl sites for hydroxylation is 1. The van der Waals surface area contributed by atoms with Gasteiger partial charge in [0.1, 0.15) is 6.61 Å². The lowest BCUT2D eigenvalue weighted by molar-refractivity contribution is 0.0696. The van der Waals surface area contributed by atoms with Crippen molar-refractivity contribution in [3.05, 3.63) is 58.2 Å². The molecule has 0 aliphatic heterocycles. The van der Waals surface area contributed by atoms with E-state index in [2.05, 4.69) is 4.98 Å². The van der Waals surface area contributed by atoms with Crippen molar-refractivity contribution in [2.45, 2.75) is 26.4 Å². The van der Waals surface area contributed by atoms with E-state index in [-0.39, 0.29) is 5.56 Å². The van der Waals surface area contributed by atoms with E-state index in [1.54, 1.807) is 18.2 Å². The van der Waals surface area contributed by atoms with Gasteiger partial charge in [0, 0.05) is 16.8 Å². The Morgan fingerprint density at radius 1 is 1.29 bits per heavy atom. The molecule has 1 aromatic heterocycles. The van der Waals surface area contributed by atoms with Gasteiger partial charge in [-0.2, -0.15) is 0 Å². The van der Waals surface area contributed by atoms with E-state index in [0.717, 1.165) is 24.1 Å². The molecule has 1 heterocycles. The summed E-state index contributed by atoms with van der Waals surface area (Å²) in [5.74, 6) is -0.653. The molecule has 0 unspecified atom stereocenters. The van der Waals surface area contributed by atoms with E-state index < -0.39 is 5.97 Å². The molecule has 0 aliphatic rings. The Hall–Kier alpha value is -2.07. The minimum atomic E-state index is -0.980. The summed E-state index contributed by atoms with van der Waals surface area (Å²) in [4.78, 5) is 15.4. The van der Waals surface area contributed by atoms with Crippen molar-refractivity contribution in [2.75, 3.05) is 0 Å². The molecule has 1 aromatic carbocycles. The molecule has 2 aromatic rings. The topological polar surface area (TPSA) is 59.4 Å². The second kappa shape index (κ2) is 7.09. The molecule has 0 radical (unpaired) electrons. The van der Waals surface area contributed by atoms with E-state index in [0.29, 0.717) is 17.5 Å². The fraction of sp³-hybridized carbons (Fsp3) is 0.250. The average Bonchev–Trinajstić information content (AvgIpc) is 2.47. The van der Waals surface area contributed by atoms with Gasteiger partial charge < -0.3 is 9.84 Å². The SMILES string of the molecule is CCCc1cc(C(=O)O)cc(OCc2ccc(Cl)cc2)n1. The third kappa shape index (κ3) is 4.46. The van der Waals surface area contributed by atoms with Crippen molar-refractivity contribution in [1.29, 1.82) is 0 Å². The van der Waals surface area contributed by atoms with Crippen molar-refractivity contribution in [3.8, 4) is 5.88 Å². The van der Waals surface area contributed by atoms with E-state index >= 15 is 0 Å². The molecular weight excluding hydrogens is 290 g/mol. The first-order valence-electron chi connectivity index (χ1n) is 6.70. The third-order valence-corrected chi connectivity index (χ3v) is 3.16. The minimum Gasteiger partial charge on any atom is -0.478 e. The zero-order chi connectivity index (χ0) is 15.2. The van der Waals surface area contributed by atoms with Gasteiger partial charge >= 0.3 is 5.97 Å². The van der Waals surface area contributed by atoms with E-state index in [4.69, 9.17) is 21.4 Å². The van der Waals surface area contributed by atoms with Gasteiger partial charge in [0.15, 0.2) is 0 Å². The van der Waals surface area contributed by atoms with Crippen LogP contribution in [-0.4, -0.2) is 16.1 Å². The number of hydrogen-bond donors (Lipinski definition) is 1. The maximum absolute atomic E-state index is 11.1. The molecule has 21 heavy (non-hydrogen) atoms. The number of aromatic carboxylic acids is 1. The largest absolute Gasteiger partial charge is 0.478 e. The predicted octanol–water partition coefficient (Wildman–Crippen LogP) is 3.96. The third-order valence-electron chi connectivity index (χ3n) is 2.91. The highest BCUT2D eigenvalue weighted by Gasteiger charge is 2.09. The fourth-order valence-electron chi connectivity index (χ4n) is 1.88. The first-order valence-corrected chi connectivity index (χ1v) is 7.07. The number of halogens is 1. The van der Waals surface area contributed by atoms with Gasteiger partial charge in [-0.3, -0.25) is 0 Å². The van der Waals surface area contributed by atoms with Gasteiger partial charge in [-0.15, -0.1) is 0 Å². The number of ether oxygens (including phenoxy) is 1. The van der Waals surface area contributed by atoms with Crippen LogP contribution in [0.1, 0.15) is 35.0 Å². The van der Waals surface area contributed by atoms with Gasteiger partial charge in [-0.1, -0.05) is 37.1 Å². The van der Waals surface area contributed by atoms with Crippen LogP contribution in [0.25, 0.3) is 0 Å². The first kappa shape index (κ1) is 15.3. The van der Waals surface area contributed by atoms with Gasteiger partial charge in [-0.25, -0.2) is 9.78 Å². The summed E-state index contributed by atoms with van der Waals surface area (Å²) >= 11 is 5.82. The minimum absolute atomic E-state index is 0.194. The van der Waals surface area contributed by atoms with Crippen LogP contribution in [0.15, 0.2) is 36.4 Å². The van der Waals surface area contributed by atoms with E-state index in [1.165, 1.54) is 6.07 Å². The predicted molar refractivity (Wildman–Crippen MR) is 81.0 cm³/mol. The lowest BCUT2D eigenvalue weighted by Crippen LogP contribution is -2.04. The quantitative estimate of drug-likeness (QED) is 0.877. The van der Waals surface area contributed by atoms with Crippen molar-refractivity contribution in [1.82, 2.24) is 4.98 Å². The summed E-state index contributed by atoms with van der Waals surface area (Å²) in [5.41, 5.74) is 1.86. The zero-order valence-corrected chi connectivity index (χ0v) is 12.4. The molecule has 0 bridgehead atoms. The van der Waals surface area contributed by atoms with Crippen LogP contribution in [0.3, 0.4) is 0 Å². The van der Waals surface area contributed by atoms with Crippen LogP contribution in [0, 0.1) is 0 Å². The maximum atomic E-state index is 11.1. The van der Waals surface area contributed by atoms with Gasteiger partial charge in [0.2, 0.25) is 5.88 Å². The summed E-state index contributed by atoms with van der Waals surface area (Å²) in [6.07, 6.45) is 1.62. The normalized spacial score (nSPS) is 10.4. The van der Waals surface area contributed by atoms with Gasteiger partial charge in [-0.05, 0) is 30.2 Å². The van der Waals surface area contributed by atoms with Crippen LogP contribution >= 0.6 is 11.6 Å². The number of carboxylic acids is 1. The number of pyridine rings is 1. The first-order chi connectivity index (χ1) is 10.1. The Balaban J connectivity index is 2.14. The molecule has 0 saturated carbocycles. The monoisotopic (exact) mass is 305 g/mol. The number of carboxylic acid groups (broad SMARTS) is 1. The lowest BCUT2D eigenvalue weighted by atomic mass is 10.1. The second-order valence-electron chi connectivity index (χ2n) is 4.66. The Morgan fingerprint density at radius 2 is 2.00 bits per heavy atom. The highest BCUT2D eigenvalue weighted by molar-refractivity contribution is 6.30. The maximum Gasteiger partial charge on any atom is 0.335 e. The Labute approximate surface area is 128 Å². The van der Waals surface area contributed by atoms with Crippen LogP contribution in [0.5, 0.6) is 5.88 Å². The number of carbonyl (C=O) groups is 1. The van der Waals surface area contributed by atoms with Crippen molar-refractivity contribution in [2.24, 2.45) is 0 Å². The van der Waals surface area contributed by atoms with Crippen molar-refractivity contribution >= 4 is 17.6 Å². The average molecular weight is 306 g/mol. The summed E-state index contributed by atoms with van der Waals surface area (Å²) in [7, 11) is 0. The molecule has 0 saturated heterocycles. The second-order valence-corrected chi connectivity index (χ2v) is 5.09. The van der Waals surface area contributed by atoms with E-state index in [9.17, 15) is 4.79 Å².